The van der Waals surface area contributed by atoms with E-state index in [1.807, 2.05) is 0 Å². The number of Topliss-reactive ketones (excluding diaryl/α,β-unsaturated/α-hetero) is 1. The van der Waals surface area contributed by atoms with Crippen LogP contribution in [0.3, 0.4) is 0 Å². The van der Waals surface area contributed by atoms with Crippen LogP contribution in [-0.4, -0.2) is 174 Å². The Hall–Kier alpha value is -9.36. The van der Waals surface area contributed by atoms with E-state index in [1.165, 1.54) is 87.2 Å². The summed E-state index contributed by atoms with van der Waals surface area (Å²) in [6.07, 6.45) is 4.84. The van der Waals surface area contributed by atoms with E-state index < -0.39 is 137 Å². The number of carbonyl (C=O) groups excluding carboxylic acids is 10. The van der Waals surface area contributed by atoms with Crippen molar-refractivity contribution in [3.63, 3.8) is 0 Å². The van der Waals surface area contributed by atoms with Gasteiger partial charge in [0.05, 0.1) is 19.9 Å². The Morgan fingerprint density at radius 3 is 1.77 bits per heavy atom. The van der Waals surface area contributed by atoms with Crippen molar-refractivity contribution in [2.75, 3.05) is 31.7 Å². The Bertz CT molecular complexity index is 3740. The lowest BCUT2D eigenvalue weighted by atomic mass is 9.94. The van der Waals surface area contributed by atoms with E-state index in [0.29, 0.717) is 59.1 Å². The number of methoxy groups -OCH3 is 1. The van der Waals surface area contributed by atoms with Crippen LogP contribution in [0.15, 0.2) is 85.6 Å². The number of imidazole rings is 1. The summed E-state index contributed by atoms with van der Waals surface area (Å²) in [7, 11) is 1.46. The molecule has 1 fully saturated rings. The third-order valence-corrected chi connectivity index (χ3v) is 17.2. The van der Waals surface area contributed by atoms with Crippen LogP contribution in [0, 0.1) is 17.6 Å². The van der Waals surface area contributed by atoms with Gasteiger partial charge in [-0.15, -0.1) is 0 Å². The monoisotopic (exact) mass is 1350 g/mol. The molecule has 4 heterocycles. The Kier molecular flexibility index (Phi) is 26.3. The largest absolute Gasteiger partial charge is 0.497 e. The molecule has 7 rings (SSSR count). The minimum Gasteiger partial charge on any atom is -0.497 e. The van der Waals surface area contributed by atoms with Crippen LogP contribution < -0.4 is 53.4 Å². The van der Waals surface area contributed by atoms with Crippen molar-refractivity contribution in [3.05, 3.63) is 120 Å². The van der Waals surface area contributed by atoms with Crippen molar-refractivity contribution < 1.29 is 71.4 Å². The number of halogens is 2. The van der Waals surface area contributed by atoms with Crippen molar-refractivity contribution in [1.82, 2.24) is 62.1 Å². The van der Waals surface area contributed by atoms with Gasteiger partial charge in [0.2, 0.25) is 53.2 Å². The second-order valence-electron chi connectivity index (χ2n) is 23.6. The predicted molar refractivity (Wildman–Crippen MR) is 351 cm³/mol. The van der Waals surface area contributed by atoms with Gasteiger partial charge in [-0.2, -0.15) is 25.3 Å². The maximum atomic E-state index is 15.0. The number of ketones is 1. The number of aliphatic carboxylic acids is 1. The summed E-state index contributed by atoms with van der Waals surface area (Å²) < 4.78 is 35.1. The maximum Gasteiger partial charge on any atom is 0.305 e. The van der Waals surface area contributed by atoms with E-state index in [1.54, 1.807) is 24.3 Å². The number of nitrogens with one attached hydrogen (secondary N) is 10. The zero-order valence-electron chi connectivity index (χ0n) is 52.6. The average Bonchev–Trinajstić information content (AvgIpc) is 1.74. The van der Waals surface area contributed by atoms with Crippen molar-refractivity contribution in [3.8, 4) is 5.75 Å². The standard InChI is InChI=1S/C64H80F2N14O13S2/c1-34(73-57(86)36(7-4-5-18-67)22-42(81)16-20-94)56(85)74-48(23-37-29-70-46-14-10-39(65)25-44(37)46)58(87)75-49(24-38-30-71-47-15-11-40(66)26-45(38)47)59(88)77-51(28-54(82)83)61(90)76-50(27-41-31-69-33-72-41)60(89)78-52(21-35-8-12-43(93-3)13-9-35)62(91)80-19-6-17-64(80,2)63(92)79-53(32-95)55(68)84/h8-15,25-26,29-31,33-34,36,48-53,70-71,94-95H,4-7,16-24,27-28,32,67H2,1-3H3,(H2,68,84)(H,69,72)(H,73,86)(H,74,85)(H,75,87)(H,76,90)(H,77,88)(H,78,89)(H,79,92)(H,82,83)/t34-,36+,48-,49-,50-,51-,52-,53-,64-/m0/s1. The SMILES string of the molecule is COc1ccc(C[C@H](NC(=O)[C@H](Cc2cnc[nH]2)NC(=O)[C@H](CC(=O)O)NC(=O)[C@H](Cc2c[nH]c3ccc(F)cc23)NC(=O)[C@H](Cc2c[nH]c3ccc(F)cc23)NC(=O)[C@H](C)NC(=O)[C@H](CCCCN)CC(=O)CCS)C(=O)N2CCC[C@@]2(C)C(=O)N[C@@H](CS)C(N)=O)cc1. The van der Waals surface area contributed by atoms with Crippen LogP contribution in [0.25, 0.3) is 21.8 Å². The number of nitrogens with zero attached hydrogens (tertiary/aromatic N) is 2. The number of primary amides is 1. The highest BCUT2D eigenvalue weighted by atomic mass is 32.1. The number of aromatic nitrogens is 4. The van der Waals surface area contributed by atoms with Gasteiger partial charge in [-0.3, -0.25) is 52.7 Å². The van der Waals surface area contributed by atoms with Crippen molar-refractivity contribution in [2.45, 2.75) is 139 Å². The number of likely N-dealkylation sites (tertiary alicyclic amines) is 1. The number of aromatic amines is 3. The molecule has 0 radical (unpaired) electrons. The number of amides is 9. The summed E-state index contributed by atoms with van der Waals surface area (Å²) in [4.78, 5) is 168. The molecule has 31 heteroatoms. The molecule has 15 N–H and O–H groups in total. The lowest BCUT2D eigenvalue weighted by molar-refractivity contribution is -0.147. The molecule has 510 valence electrons. The second kappa shape index (κ2) is 34.2. The molecule has 27 nitrogen and oxygen atoms in total. The second-order valence-corrected chi connectivity index (χ2v) is 24.4. The molecule has 0 saturated carbocycles. The first-order chi connectivity index (χ1) is 45.3. The maximum absolute atomic E-state index is 15.0. The first-order valence-electron chi connectivity index (χ1n) is 30.8. The summed E-state index contributed by atoms with van der Waals surface area (Å²) >= 11 is 8.27. The van der Waals surface area contributed by atoms with Crippen LogP contribution in [0.5, 0.6) is 5.75 Å². The molecule has 1 saturated heterocycles. The molecule has 1 aliphatic rings. The lowest BCUT2D eigenvalue weighted by Gasteiger charge is -2.37. The molecule has 3 aromatic heterocycles. The van der Waals surface area contributed by atoms with Crippen LogP contribution >= 0.6 is 25.3 Å². The predicted octanol–water partition coefficient (Wildman–Crippen LogP) is 1.64. The molecule has 0 unspecified atom stereocenters. The Balaban J connectivity index is 1.19. The number of hydrogen-bond acceptors (Lipinski definition) is 16. The number of carboxylic acid groups (broad SMARTS) is 1. The molecule has 3 aromatic carbocycles. The number of hydrogen-bond donors (Lipinski definition) is 15. The van der Waals surface area contributed by atoms with Gasteiger partial charge in [0.1, 0.15) is 71.0 Å². The normalized spacial score (nSPS) is 16.2. The van der Waals surface area contributed by atoms with Gasteiger partial charge < -0.3 is 78.4 Å². The molecule has 1 aliphatic heterocycles. The number of carboxylic acids is 1. The average molecular weight is 1360 g/mol. The fourth-order valence-electron chi connectivity index (χ4n) is 11.3. The lowest BCUT2D eigenvalue weighted by Crippen LogP contribution is -2.63. The van der Waals surface area contributed by atoms with Gasteiger partial charge in [0, 0.05) is 103 Å². The molecule has 0 bridgehead atoms. The minimum absolute atomic E-state index is 0.0438. The zero-order chi connectivity index (χ0) is 69.1. The van der Waals surface area contributed by atoms with Crippen molar-refractivity contribution in [1.29, 1.82) is 0 Å². The van der Waals surface area contributed by atoms with Gasteiger partial charge in [-0.25, -0.2) is 13.8 Å². The Morgan fingerprint density at radius 2 is 1.24 bits per heavy atom. The van der Waals surface area contributed by atoms with Gasteiger partial charge in [0.15, 0.2) is 0 Å². The van der Waals surface area contributed by atoms with E-state index in [0.717, 1.165) is 0 Å². The van der Waals surface area contributed by atoms with Gasteiger partial charge in [-0.05, 0) is 117 Å². The van der Waals surface area contributed by atoms with E-state index >= 15 is 9.59 Å². The number of thiol groups is 2. The summed E-state index contributed by atoms with van der Waals surface area (Å²) in [6, 6.07) is 3.05. The summed E-state index contributed by atoms with van der Waals surface area (Å²) in [5, 5.41) is 29.0. The van der Waals surface area contributed by atoms with Crippen LogP contribution in [0.1, 0.15) is 87.6 Å². The number of fused-ring (bicyclic) bond motifs is 2. The molecular weight excluding hydrogens is 1270 g/mol. The van der Waals surface area contributed by atoms with E-state index in [-0.39, 0.29) is 85.4 Å². The van der Waals surface area contributed by atoms with Crippen molar-refractivity contribution >= 4 is 112 Å². The fraction of sp³-hybridized carbons (Fsp3) is 0.438. The number of carbonyl (C=O) groups is 11. The number of rotatable bonds is 36. The highest BCUT2D eigenvalue weighted by molar-refractivity contribution is 7.80. The quantitative estimate of drug-likeness (QED) is 0.0196. The molecule has 95 heavy (non-hydrogen) atoms. The van der Waals surface area contributed by atoms with Gasteiger partial charge in [0.25, 0.3) is 0 Å². The molecular formula is C64H80F2N14O13S2. The smallest absolute Gasteiger partial charge is 0.305 e. The van der Waals surface area contributed by atoms with Crippen LogP contribution in [-0.2, 0) is 78.4 Å². The minimum atomic E-state index is -2.03. The van der Waals surface area contributed by atoms with Crippen molar-refractivity contribution in [2.24, 2.45) is 17.4 Å². The molecule has 9 atom stereocenters. The van der Waals surface area contributed by atoms with E-state index in [9.17, 15) is 57.0 Å². The molecule has 6 aromatic rings. The van der Waals surface area contributed by atoms with E-state index in [2.05, 4.69) is 82.4 Å². The van der Waals surface area contributed by atoms with Crippen LogP contribution in [0.2, 0.25) is 0 Å². The number of unbranched alkanes of at least 4 members (excludes halogenated alkanes) is 1. The number of nitrogens with two attached hydrogens (primary N) is 2. The summed E-state index contributed by atoms with van der Waals surface area (Å²) in [5.74, 6) is -11.7. The molecule has 9 amide bonds. The first kappa shape index (κ1) is 73.1. The Morgan fingerprint density at radius 1 is 0.684 bits per heavy atom. The summed E-state index contributed by atoms with van der Waals surface area (Å²) in [6.45, 7) is 3.23. The van der Waals surface area contributed by atoms with Crippen LogP contribution in [0.4, 0.5) is 8.78 Å². The summed E-state index contributed by atoms with van der Waals surface area (Å²) in [5.41, 5.74) is 11.9. The highest BCUT2D eigenvalue weighted by Gasteiger charge is 2.48. The topological polar surface area (TPSA) is 417 Å². The zero-order valence-corrected chi connectivity index (χ0v) is 54.3. The van der Waals surface area contributed by atoms with Gasteiger partial charge in [-0.1, -0.05) is 18.6 Å². The third-order valence-electron chi connectivity index (χ3n) is 16.6. The Labute approximate surface area is 556 Å². The number of ether oxygens (including phenoxy) is 1. The van der Waals surface area contributed by atoms with Gasteiger partial charge >= 0.3 is 5.97 Å². The molecule has 0 aliphatic carbocycles. The highest BCUT2D eigenvalue weighted by Crippen LogP contribution is 2.31. The molecule has 0 spiro atoms. The first-order valence-corrected chi connectivity index (χ1v) is 32.1. The number of benzene rings is 3. The fourth-order valence-corrected chi connectivity index (χ4v) is 11.8. The third kappa shape index (κ3) is 19.9. The number of H-pyrrole nitrogens is 3. The van der Waals surface area contributed by atoms with E-state index in [4.69, 9.17) is 16.2 Å².